The Morgan fingerprint density at radius 3 is 2.16 bits per heavy atom. The Balaban J connectivity index is 1.79. The first kappa shape index (κ1) is 17.4. The van der Waals surface area contributed by atoms with Crippen molar-refractivity contribution in [3.05, 3.63) is 96.1 Å². The van der Waals surface area contributed by atoms with E-state index in [1.807, 2.05) is 0 Å². The van der Waals surface area contributed by atoms with E-state index in [1.165, 1.54) is 54.5 Å². The Hall–Kier alpha value is -3.32. The molecule has 0 amide bonds. The Kier molecular flexibility index (Phi) is 3.07. The van der Waals surface area contributed by atoms with Gasteiger partial charge in [0.25, 0.3) is 0 Å². The molecule has 2 atom stereocenters. The summed E-state index contributed by atoms with van der Waals surface area (Å²) in [7, 11) is 0. The van der Waals surface area contributed by atoms with E-state index in [2.05, 4.69) is 111 Å². The fourth-order valence-electron chi connectivity index (χ4n) is 6.86. The number of nitrogens with one attached hydrogen (secondary N) is 1. The highest BCUT2D eigenvalue weighted by atomic mass is 14.7. The second kappa shape index (κ2) is 5.48. The smallest absolute Gasteiger partial charge is 0.0551 e. The summed E-state index contributed by atoms with van der Waals surface area (Å²) in [6.45, 7) is 7.27. The van der Waals surface area contributed by atoms with Gasteiger partial charge in [0.05, 0.1) is 5.52 Å². The average molecular weight is 400 g/mol. The standard InChI is InChI=1S/C30H25N/c1-29(2)22-15-16-23-26(27(22)30(3)17-9-8-14-24(29)30)25-20-12-6-4-10-18(20)19-11-5-7-13-21(19)28(25)31-23/h4-17,24,31H,1-3H3. The van der Waals surface area contributed by atoms with Crippen molar-refractivity contribution in [2.75, 3.05) is 0 Å². The number of allylic oxidation sites excluding steroid dienone is 4. The van der Waals surface area contributed by atoms with Gasteiger partial charge in [-0.1, -0.05) is 99.7 Å². The Morgan fingerprint density at radius 2 is 1.39 bits per heavy atom. The highest BCUT2D eigenvalue weighted by Crippen LogP contribution is 2.59. The molecule has 1 heteroatoms. The molecule has 0 bridgehead atoms. The van der Waals surface area contributed by atoms with E-state index in [4.69, 9.17) is 0 Å². The van der Waals surface area contributed by atoms with Crippen LogP contribution in [0.4, 0.5) is 0 Å². The zero-order chi connectivity index (χ0) is 21.0. The Labute approximate surface area is 182 Å². The van der Waals surface area contributed by atoms with Crippen LogP contribution in [-0.4, -0.2) is 4.98 Å². The first-order chi connectivity index (χ1) is 15.0. The zero-order valence-electron chi connectivity index (χ0n) is 18.2. The molecule has 0 radical (unpaired) electrons. The van der Waals surface area contributed by atoms with Gasteiger partial charge in [-0.25, -0.2) is 0 Å². The molecule has 1 nitrogen and oxygen atoms in total. The van der Waals surface area contributed by atoms with Crippen LogP contribution < -0.4 is 0 Å². The van der Waals surface area contributed by atoms with E-state index >= 15 is 0 Å². The summed E-state index contributed by atoms with van der Waals surface area (Å²) in [5.41, 5.74) is 5.59. The largest absolute Gasteiger partial charge is 0.354 e. The Bertz CT molecular complexity index is 1630. The van der Waals surface area contributed by atoms with Crippen LogP contribution in [0, 0.1) is 5.92 Å². The maximum absolute atomic E-state index is 3.84. The molecule has 150 valence electrons. The molecule has 1 N–H and O–H groups in total. The molecule has 2 aliphatic carbocycles. The van der Waals surface area contributed by atoms with Gasteiger partial charge in [0, 0.05) is 27.1 Å². The fourth-order valence-corrected chi connectivity index (χ4v) is 6.86. The molecule has 0 spiro atoms. The maximum Gasteiger partial charge on any atom is 0.0551 e. The van der Waals surface area contributed by atoms with Crippen molar-refractivity contribution in [3.8, 4) is 0 Å². The van der Waals surface area contributed by atoms with E-state index < -0.39 is 0 Å². The lowest BCUT2D eigenvalue weighted by Gasteiger charge is -2.36. The molecule has 0 saturated heterocycles. The summed E-state index contributed by atoms with van der Waals surface area (Å²) in [4.78, 5) is 3.84. The predicted octanol–water partition coefficient (Wildman–Crippen LogP) is 7.92. The molecule has 7 rings (SSSR count). The van der Waals surface area contributed by atoms with Gasteiger partial charge in [-0.05, 0) is 44.7 Å². The summed E-state index contributed by atoms with van der Waals surface area (Å²) in [6, 6.07) is 22.4. The van der Waals surface area contributed by atoms with Gasteiger partial charge < -0.3 is 4.98 Å². The third-order valence-electron chi connectivity index (χ3n) is 8.16. The molecule has 1 aromatic heterocycles. The number of aromatic nitrogens is 1. The van der Waals surface area contributed by atoms with Crippen LogP contribution in [0.1, 0.15) is 31.9 Å². The number of hydrogen-bond donors (Lipinski definition) is 1. The predicted molar refractivity (Wildman–Crippen MR) is 133 cm³/mol. The van der Waals surface area contributed by atoms with Gasteiger partial charge in [0.1, 0.15) is 0 Å². The van der Waals surface area contributed by atoms with Crippen LogP contribution in [-0.2, 0) is 10.8 Å². The lowest BCUT2D eigenvalue weighted by molar-refractivity contribution is 0.324. The van der Waals surface area contributed by atoms with Crippen LogP contribution in [0.15, 0.2) is 85.0 Å². The third kappa shape index (κ3) is 1.93. The lowest BCUT2D eigenvalue weighted by atomic mass is 9.67. The summed E-state index contributed by atoms with van der Waals surface area (Å²) in [5, 5.41) is 8.09. The minimum atomic E-state index is -0.00499. The molecule has 31 heavy (non-hydrogen) atoms. The van der Waals surface area contributed by atoms with Crippen molar-refractivity contribution in [2.24, 2.45) is 5.92 Å². The highest BCUT2D eigenvalue weighted by molar-refractivity contribution is 6.32. The normalized spacial score (nSPS) is 23.8. The SMILES string of the molecule is CC1(C)c2ccc3[nH]c4c5ccccc5c5ccccc5c4c3c2C2(C)C=CC=CC12. The molecule has 0 saturated carbocycles. The summed E-state index contributed by atoms with van der Waals surface area (Å²) in [6.07, 6.45) is 9.33. The summed E-state index contributed by atoms with van der Waals surface area (Å²) >= 11 is 0. The van der Waals surface area contributed by atoms with E-state index in [0.717, 1.165) is 0 Å². The van der Waals surface area contributed by atoms with Crippen molar-refractivity contribution in [3.63, 3.8) is 0 Å². The lowest BCUT2D eigenvalue weighted by Crippen LogP contribution is -2.34. The molecule has 5 aromatic rings. The van der Waals surface area contributed by atoms with Crippen molar-refractivity contribution in [2.45, 2.75) is 31.6 Å². The van der Waals surface area contributed by atoms with Crippen molar-refractivity contribution in [1.82, 2.24) is 4.98 Å². The molecule has 2 aliphatic rings. The fraction of sp³-hybridized carbons (Fsp3) is 0.200. The highest BCUT2D eigenvalue weighted by Gasteiger charge is 2.52. The average Bonchev–Trinajstić information content (AvgIpc) is 3.26. The monoisotopic (exact) mass is 399 g/mol. The van der Waals surface area contributed by atoms with Crippen molar-refractivity contribution in [1.29, 1.82) is 0 Å². The van der Waals surface area contributed by atoms with E-state index in [-0.39, 0.29) is 10.8 Å². The Morgan fingerprint density at radius 1 is 0.710 bits per heavy atom. The van der Waals surface area contributed by atoms with Crippen molar-refractivity contribution < 1.29 is 0 Å². The molecule has 1 heterocycles. The van der Waals surface area contributed by atoms with Gasteiger partial charge in [0.15, 0.2) is 0 Å². The molecular weight excluding hydrogens is 374 g/mol. The quantitative estimate of drug-likeness (QED) is 0.255. The molecule has 4 aromatic carbocycles. The zero-order valence-corrected chi connectivity index (χ0v) is 18.2. The number of rotatable bonds is 0. The van der Waals surface area contributed by atoms with Crippen LogP contribution in [0.3, 0.4) is 0 Å². The first-order valence-corrected chi connectivity index (χ1v) is 11.3. The second-order valence-electron chi connectivity index (χ2n) is 10.1. The molecule has 0 aliphatic heterocycles. The number of hydrogen-bond acceptors (Lipinski definition) is 0. The first-order valence-electron chi connectivity index (χ1n) is 11.3. The number of aromatic amines is 1. The summed E-state index contributed by atoms with van der Waals surface area (Å²) in [5.74, 6) is 0.460. The van der Waals surface area contributed by atoms with Gasteiger partial charge in [-0.3, -0.25) is 0 Å². The third-order valence-corrected chi connectivity index (χ3v) is 8.16. The van der Waals surface area contributed by atoms with Crippen molar-refractivity contribution >= 4 is 43.4 Å². The van der Waals surface area contributed by atoms with Gasteiger partial charge >= 0.3 is 0 Å². The topological polar surface area (TPSA) is 15.8 Å². The number of fused-ring (bicyclic) bond motifs is 12. The minimum Gasteiger partial charge on any atom is -0.354 e. The number of benzene rings is 4. The molecular formula is C30H25N. The van der Waals surface area contributed by atoms with E-state index in [9.17, 15) is 0 Å². The maximum atomic E-state index is 3.84. The molecule has 2 unspecified atom stereocenters. The van der Waals surface area contributed by atoms with E-state index in [0.29, 0.717) is 5.92 Å². The molecule has 0 fully saturated rings. The second-order valence-corrected chi connectivity index (χ2v) is 10.1. The van der Waals surface area contributed by atoms with Crippen LogP contribution >= 0.6 is 0 Å². The summed E-state index contributed by atoms with van der Waals surface area (Å²) < 4.78 is 0. The van der Waals surface area contributed by atoms with Gasteiger partial charge in [0.2, 0.25) is 0 Å². The van der Waals surface area contributed by atoms with E-state index in [1.54, 1.807) is 0 Å². The van der Waals surface area contributed by atoms with Gasteiger partial charge in [-0.2, -0.15) is 0 Å². The number of H-pyrrole nitrogens is 1. The van der Waals surface area contributed by atoms with Crippen LogP contribution in [0.2, 0.25) is 0 Å². The van der Waals surface area contributed by atoms with Crippen LogP contribution in [0.25, 0.3) is 43.4 Å². The minimum absolute atomic E-state index is 0.00499. The van der Waals surface area contributed by atoms with Crippen LogP contribution in [0.5, 0.6) is 0 Å². The van der Waals surface area contributed by atoms with Gasteiger partial charge in [-0.15, -0.1) is 0 Å².